The average molecular weight is 334 g/mol. The van der Waals surface area contributed by atoms with Crippen molar-refractivity contribution in [2.75, 3.05) is 5.32 Å². The predicted octanol–water partition coefficient (Wildman–Crippen LogP) is 4.11. The number of benzene rings is 1. The van der Waals surface area contributed by atoms with E-state index in [9.17, 15) is 14.9 Å². The van der Waals surface area contributed by atoms with Crippen LogP contribution in [0.25, 0.3) is 10.1 Å². The Morgan fingerprint density at radius 3 is 2.68 bits per heavy atom. The molecule has 0 aliphatic carbocycles. The smallest absolute Gasteiger partial charge is 0.287 e. The number of anilines is 1. The molecule has 0 fully saturated rings. The number of nitro groups is 1. The topological polar surface area (TPSA) is 85.1 Å². The van der Waals surface area contributed by atoms with Crippen LogP contribution in [0.3, 0.4) is 0 Å². The molecule has 3 rings (SSSR count). The molecule has 8 heteroatoms. The molecule has 0 saturated carbocycles. The van der Waals surface area contributed by atoms with Crippen LogP contribution in [-0.2, 0) is 0 Å². The first-order chi connectivity index (χ1) is 10.6. The van der Waals surface area contributed by atoms with Gasteiger partial charge in [-0.1, -0.05) is 29.8 Å². The number of amides is 1. The molecule has 0 atom stereocenters. The van der Waals surface area contributed by atoms with Gasteiger partial charge in [-0.05, 0) is 12.1 Å². The fourth-order valence-electron chi connectivity index (χ4n) is 1.90. The third-order valence-electron chi connectivity index (χ3n) is 2.94. The second-order valence-electron chi connectivity index (χ2n) is 4.35. The monoisotopic (exact) mass is 333 g/mol. The van der Waals surface area contributed by atoms with Gasteiger partial charge in [-0.3, -0.25) is 14.9 Å². The highest BCUT2D eigenvalue weighted by atomic mass is 35.5. The van der Waals surface area contributed by atoms with E-state index in [1.165, 1.54) is 23.5 Å². The summed E-state index contributed by atoms with van der Waals surface area (Å²) in [4.78, 5) is 26.5. The SMILES string of the molecule is O=C(Nc1ccc([N+](=O)[O-])cn1)c1sc2ccccc2c1Cl. The van der Waals surface area contributed by atoms with Crippen LogP contribution in [0.4, 0.5) is 11.5 Å². The van der Waals surface area contributed by atoms with Crippen molar-refractivity contribution < 1.29 is 9.72 Å². The molecular formula is C14H8ClN3O3S. The summed E-state index contributed by atoms with van der Waals surface area (Å²) in [5.74, 6) is -0.170. The fourth-order valence-corrected chi connectivity index (χ4v) is 3.31. The number of fused-ring (bicyclic) bond motifs is 1. The zero-order valence-electron chi connectivity index (χ0n) is 10.9. The summed E-state index contributed by atoms with van der Waals surface area (Å²) in [5, 5.41) is 14.3. The van der Waals surface area contributed by atoms with Gasteiger partial charge in [0, 0.05) is 16.2 Å². The molecule has 6 nitrogen and oxygen atoms in total. The number of aromatic nitrogens is 1. The highest BCUT2D eigenvalue weighted by Gasteiger charge is 2.17. The van der Waals surface area contributed by atoms with Gasteiger partial charge >= 0.3 is 0 Å². The van der Waals surface area contributed by atoms with Gasteiger partial charge in [0.2, 0.25) is 0 Å². The lowest BCUT2D eigenvalue weighted by molar-refractivity contribution is -0.385. The zero-order valence-corrected chi connectivity index (χ0v) is 12.5. The Hall–Kier alpha value is -2.51. The van der Waals surface area contributed by atoms with Crippen LogP contribution < -0.4 is 5.32 Å². The highest BCUT2D eigenvalue weighted by Crippen LogP contribution is 2.35. The number of pyridine rings is 1. The number of nitrogens with zero attached hydrogens (tertiary/aromatic N) is 2. The van der Waals surface area contributed by atoms with Crippen LogP contribution in [0.1, 0.15) is 9.67 Å². The predicted molar refractivity (Wildman–Crippen MR) is 85.7 cm³/mol. The molecule has 0 aliphatic heterocycles. The Kier molecular flexibility index (Phi) is 3.74. The first-order valence-electron chi connectivity index (χ1n) is 6.15. The van der Waals surface area contributed by atoms with E-state index < -0.39 is 10.8 Å². The summed E-state index contributed by atoms with van der Waals surface area (Å²) < 4.78 is 0.911. The first-order valence-corrected chi connectivity index (χ1v) is 7.34. The number of hydrogen-bond acceptors (Lipinski definition) is 5. The number of halogens is 1. The minimum absolute atomic E-state index is 0.141. The lowest BCUT2D eigenvalue weighted by Gasteiger charge is -2.02. The third-order valence-corrected chi connectivity index (χ3v) is 4.62. The maximum Gasteiger partial charge on any atom is 0.287 e. The molecule has 0 aliphatic rings. The summed E-state index contributed by atoms with van der Waals surface area (Å²) >= 11 is 7.50. The molecule has 0 bridgehead atoms. The Labute approximate surface area is 133 Å². The molecule has 1 amide bonds. The molecule has 3 aromatic rings. The quantitative estimate of drug-likeness (QED) is 0.577. The van der Waals surface area contributed by atoms with Crippen LogP contribution >= 0.6 is 22.9 Å². The van der Waals surface area contributed by atoms with Crippen molar-refractivity contribution in [3.05, 3.63) is 62.6 Å². The van der Waals surface area contributed by atoms with Crippen molar-refractivity contribution in [1.29, 1.82) is 0 Å². The summed E-state index contributed by atoms with van der Waals surface area (Å²) in [6.07, 6.45) is 1.09. The molecule has 2 aromatic heterocycles. The Morgan fingerprint density at radius 2 is 2.05 bits per heavy atom. The van der Waals surface area contributed by atoms with E-state index in [0.717, 1.165) is 16.3 Å². The van der Waals surface area contributed by atoms with Crippen LogP contribution in [-0.4, -0.2) is 15.8 Å². The number of carbonyl (C=O) groups excluding carboxylic acids is 1. The van der Waals surface area contributed by atoms with Crippen molar-refractivity contribution in [3.63, 3.8) is 0 Å². The van der Waals surface area contributed by atoms with E-state index in [-0.39, 0.29) is 11.5 Å². The van der Waals surface area contributed by atoms with Crippen LogP contribution in [0.15, 0.2) is 42.6 Å². The Balaban J connectivity index is 1.87. The second-order valence-corrected chi connectivity index (χ2v) is 5.78. The van der Waals surface area contributed by atoms with Gasteiger partial charge in [-0.25, -0.2) is 4.98 Å². The first kappa shape index (κ1) is 14.4. The highest BCUT2D eigenvalue weighted by molar-refractivity contribution is 7.21. The van der Waals surface area contributed by atoms with E-state index >= 15 is 0 Å². The normalized spacial score (nSPS) is 10.6. The average Bonchev–Trinajstić information content (AvgIpc) is 2.85. The molecule has 110 valence electrons. The summed E-state index contributed by atoms with van der Waals surface area (Å²) in [5.41, 5.74) is -0.141. The molecular weight excluding hydrogens is 326 g/mol. The zero-order chi connectivity index (χ0) is 15.7. The maximum atomic E-state index is 12.3. The van der Waals surface area contributed by atoms with Crippen LogP contribution in [0.5, 0.6) is 0 Å². The number of hydrogen-bond donors (Lipinski definition) is 1. The molecule has 1 N–H and O–H groups in total. The van der Waals surface area contributed by atoms with Crippen molar-refractivity contribution in [1.82, 2.24) is 4.98 Å². The maximum absolute atomic E-state index is 12.3. The second kappa shape index (κ2) is 5.70. The standard InChI is InChI=1S/C14H8ClN3O3S/c15-12-9-3-1-2-4-10(9)22-13(12)14(19)17-11-6-5-8(7-16-11)18(20)21/h1-7H,(H,16,17,19). The van der Waals surface area contributed by atoms with Crippen LogP contribution in [0, 0.1) is 10.1 Å². The van der Waals surface area contributed by atoms with E-state index in [1.807, 2.05) is 24.3 Å². The van der Waals surface area contributed by atoms with E-state index in [0.29, 0.717) is 9.90 Å². The van der Waals surface area contributed by atoms with Gasteiger partial charge < -0.3 is 5.32 Å². The lowest BCUT2D eigenvalue weighted by atomic mass is 10.2. The largest absolute Gasteiger partial charge is 0.306 e. The van der Waals surface area contributed by atoms with Gasteiger partial charge in [0.15, 0.2) is 0 Å². The van der Waals surface area contributed by atoms with Gasteiger partial charge in [-0.2, -0.15) is 0 Å². The summed E-state index contributed by atoms with van der Waals surface area (Å²) in [6, 6.07) is 10.1. The minimum Gasteiger partial charge on any atom is -0.306 e. The molecule has 1 aromatic carbocycles. The number of thiophene rings is 1. The Bertz CT molecular complexity index is 877. The summed E-state index contributed by atoms with van der Waals surface area (Å²) in [6.45, 7) is 0. The summed E-state index contributed by atoms with van der Waals surface area (Å²) in [7, 11) is 0. The van der Waals surface area contributed by atoms with Gasteiger partial charge in [-0.15, -0.1) is 11.3 Å². The van der Waals surface area contributed by atoms with Gasteiger partial charge in [0.25, 0.3) is 11.6 Å². The molecule has 0 unspecified atom stereocenters. The van der Waals surface area contributed by atoms with E-state index in [1.54, 1.807) is 0 Å². The fraction of sp³-hybridized carbons (Fsp3) is 0. The molecule has 22 heavy (non-hydrogen) atoms. The van der Waals surface area contributed by atoms with E-state index in [4.69, 9.17) is 11.6 Å². The minimum atomic E-state index is -0.554. The van der Waals surface area contributed by atoms with Crippen molar-refractivity contribution >= 4 is 50.4 Å². The van der Waals surface area contributed by atoms with Crippen LogP contribution in [0.2, 0.25) is 5.02 Å². The number of rotatable bonds is 3. The lowest BCUT2D eigenvalue weighted by Crippen LogP contribution is -2.11. The van der Waals surface area contributed by atoms with E-state index in [2.05, 4.69) is 10.3 Å². The third kappa shape index (κ3) is 2.63. The Morgan fingerprint density at radius 1 is 1.27 bits per heavy atom. The van der Waals surface area contributed by atoms with Gasteiger partial charge in [0.1, 0.15) is 16.9 Å². The molecule has 0 radical (unpaired) electrons. The molecule has 0 spiro atoms. The number of carbonyl (C=O) groups is 1. The molecule has 2 heterocycles. The van der Waals surface area contributed by atoms with Crippen molar-refractivity contribution in [2.24, 2.45) is 0 Å². The molecule has 0 saturated heterocycles. The van der Waals surface area contributed by atoms with Crippen molar-refractivity contribution in [2.45, 2.75) is 0 Å². The van der Waals surface area contributed by atoms with Gasteiger partial charge in [0.05, 0.1) is 9.95 Å². The number of nitrogens with one attached hydrogen (secondary N) is 1. The van der Waals surface area contributed by atoms with Crippen molar-refractivity contribution in [3.8, 4) is 0 Å².